The van der Waals surface area contributed by atoms with E-state index < -0.39 is 0 Å². The maximum Gasteiger partial charge on any atom is 0.339 e. The molecule has 110 valence electrons. The molecule has 0 spiro atoms. The Hall–Kier alpha value is 0.800. The molecular formula is C13H16I3N2O2+. The van der Waals surface area contributed by atoms with E-state index in [1.165, 1.54) is 4.90 Å². The Kier molecular flexibility index (Phi) is 7.24. The lowest BCUT2D eigenvalue weighted by molar-refractivity contribution is -0.901. The van der Waals surface area contributed by atoms with Gasteiger partial charge in [-0.1, -0.05) is 0 Å². The fraction of sp³-hybridized carbons (Fsp3) is 0.462. The van der Waals surface area contributed by atoms with Gasteiger partial charge in [0.25, 0.3) is 0 Å². The average molecular weight is 613 g/mol. The summed E-state index contributed by atoms with van der Waals surface area (Å²) in [6, 6.07) is 3.95. The van der Waals surface area contributed by atoms with Crippen LogP contribution in [0.4, 0.5) is 0 Å². The van der Waals surface area contributed by atoms with Crippen molar-refractivity contribution < 1.29 is 14.4 Å². The minimum absolute atomic E-state index is 0.208. The third kappa shape index (κ3) is 4.92. The molecule has 0 bridgehead atoms. The van der Waals surface area contributed by atoms with E-state index in [9.17, 15) is 4.79 Å². The molecule has 7 heteroatoms. The number of nitrogens with one attached hydrogen (secondary N) is 2. The molecule has 1 aromatic rings. The van der Waals surface area contributed by atoms with Gasteiger partial charge in [-0.15, -0.1) is 0 Å². The zero-order valence-corrected chi connectivity index (χ0v) is 17.3. The Morgan fingerprint density at radius 2 is 1.95 bits per heavy atom. The minimum atomic E-state index is -0.208. The first-order valence-corrected chi connectivity index (χ1v) is 9.67. The van der Waals surface area contributed by atoms with E-state index in [0.29, 0.717) is 12.2 Å². The Labute approximate surface area is 159 Å². The first kappa shape index (κ1) is 17.2. The maximum atomic E-state index is 12.2. The fourth-order valence-corrected chi connectivity index (χ4v) is 4.48. The Morgan fingerprint density at radius 3 is 2.65 bits per heavy atom. The van der Waals surface area contributed by atoms with E-state index >= 15 is 0 Å². The fourth-order valence-electron chi connectivity index (χ4n) is 2.10. The third-order valence-corrected chi connectivity index (χ3v) is 6.88. The highest BCUT2D eigenvalue weighted by molar-refractivity contribution is 14.1. The Balaban J connectivity index is 1.88. The highest BCUT2D eigenvalue weighted by Gasteiger charge is 2.17. The number of hydrogen-bond donors (Lipinski definition) is 2. The van der Waals surface area contributed by atoms with E-state index in [2.05, 4.69) is 79.2 Å². The molecule has 1 aliphatic heterocycles. The van der Waals surface area contributed by atoms with Crippen molar-refractivity contribution in [3.05, 3.63) is 28.4 Å². The van der Waals surface area contributed by atoms with Gasteiger partial charge in [0.05, 0.1) is 18.7 Å². The molecule has 1 aromatic carbocycles. The van der Waals surface area contributed by atoms with Crippen molar-refractivity contribution in [2.24, 2.45) is 0 Å². The molecule has 0 amide bonds. The van der Waals surface area contributed by atoms with Gasteiger partial charge in [-0.2, -0.15) is 0 Å². The van der Waals surface area contributed by atoms with Gasteiger partial charge in [0.15, 0.2) is 0 Å². The molecule has 0 saturated carbocycles. The van der Waals surface area contributed by atoms with E-state index in [4.69, 9.17) is 4.74 Å². The molecule has 1 aliphatic rings. The largest absolute Gasteiger partial charge is 0.456 e. The third-order valence-electron chi connectivity index (χ3n) is 3.21. The van der Waals surface area contributed by atoms with Crippen molar-refractivity contribution in [2.45, 2.75) is 0 Å². The van der Waals surface area contributed by atoms with E-state index in [-0.39, 0.29) is 5.97 Å². The molecule has 4 nitrogen and oxygen atoms in total. The quantitative estimate of drug-likeness (QED) is 0.305. The number of quaternary nitrogens is 1. The number of piperazine rings is 1. The van der Waals surface area contributed by atoms with Gasteiger partial charge in [-0.25, -0.2) is 4.79 Å². The van der Waals surface area contributed by atoms with Crippen LogP contribution in [0.1, 0.15) is 10.4 Å². The van der Waals surface area contributed by atoms with Crippen LogP contribution >= 0.6 is 67.8 Å². The van der Waals surface area contributed by atoms with Crippen LogP contribution < -0.4 is 10.2 Å². The van der Waals surface area contributed by atoms with Crippen LogP contribution in [0.3, 0.4) is 0 Å². The molecule has 1 fully saturated rings. The van der Waals surface area contributed by atoms with Crippen molar-refractivity contribution in [2.75, 3.05) is 39.3 Å². The van der Waals surface area contributed by atoms with E-state index in [1.807, 2.05) is 6.07 Å². The highest BCUT2D eigenvalue weighted by atomic mass is 127. The number of benzene rings is 1. The summed E-state index contributed by atoms with van der Waals surface area (Å²) in [6.45, 7) is 5.70. The van der Waals surface area contributed by atoms with Crippen LogP contribution in [0.5, 0.6) is 0 Å². The second-order valence-electron chi connectivity index (χ2n) is 4.64. The first-order chi connectivity index (χ1) is 9.58. The number of hydrogen-bond acceptors (Lipinski definition) is 3. The number of carbonyl (C=O) groups excluding carboxylic acids is 1. The van der Waals surface area contributed by atoms with Crippen LogP contribution in [0, 0.1) is 10.7 Å². The highest BCUT2D eigenvalue weighted by Crippen LogP contribution is 2.23. The lowest BCUT2D eigenvalue weighted by Gasteiger charge is -2.24. The van der Waals surface area contributed by atoms with Crippen molar-refractivity contribution in [1.82, 2.24) is 5.32 Å². The molecule has 0 aromatic heterocycles. The molecule has 0 atom stereocenters. The second kappa shape index (κ2) is 8.44. The normalized spacial score (nSPS) is 16.1. The number of esters is 1. The summed E-state index contributed by atoms with van der Waals surface area (Å²) in [5, 5.41) is 3.33. The predicted octanol–water partition coefficient (Wildman–Crippen LogP) is 1.15. The summed E-state index contributed by atoms with van der Waals surface area (Å²) in [6.07, 6.45) is 0. The van der Waals surface area contributed by atoms with Crippen molar-refractivity contribution in [3.8, 4) is 0 Å². The van der Waals surface area contributed by atoms with Gasteiger partial charge >= 0.3 is 5.97 Å². The second-order valence-corrected chi connectivity index (χ2v) is 8.12. The molecule has 1 heterocycles. The monoisotopic (exact) mass is 613 g/mol. The number of carbonyl (C=O) groups is 1. The summed E-state index contributed by atoms with van der Waals surface area (Å²) in [7, 11) is 0. The summed E-state index contributed by atoms with van der Waals surface area (Å²) in [4.78, 5) is 13.7. The molecular weight excluding hydrogens is 597 g/mol. The SMILES string of the molecule is O=C(OCC[NH+]1CCNCC1)c1cc(I)cc(I)c1I. The Bertz CT molecular complexity index is 491. The molecule has 0 aliphatic carbocycles. The molecule has 0 radical (unpaired) electrons. The van der Waals surface area contributed by atoms with E-state index in [1.54, 1.807) is 0 Å². The molecule has 1 saturated heterocycles. The summed E-state index contributed by atoms with van der Waals surface area (Å²) >= 11 is 6.68. The zero-order chi connectivity index (χ0) is 14.5. The van der Waals surface area contributed by atoms with Crippen molar-refractivity contribution in [1.29, 1.82) is 0 Å². The van der Waals surface area contributed by atoms with Crippen LogP contribution in [-0.2, 0) is 4.74 Å². The smallest absolute Gasteiger partial charge is 0.339 e. The lowest BCUT2D eigenvalue weighted by Crippen LogP contribution is -3.15. The number of rotatable bonds is 4. The summed E-state index contributed by atoms with van der Waals surface area (Å²) in [5.41, 5.74) is 0.678. The standard InChI is InChI=1S/C13H15I3N2O2/c14-9-7-10(12(16)11(15)8-9)13(19)20-6-5-18-3-1-17-2-4-18/h7-8,17H,1-6H2/p+1. The van der Waals surface area contributed by atoms with E-state index in [0.717, 1.165) is 43.4 Å². The summed E-state index contributed by atoms with van der Waals surface area (Å²) < 4.78 is 8.56. The molecule has 0 unspecified atom stereocenters. The maximum absolute atomic E-state index is 12.2. The van der Waals surface area contributed by atoms with Gasteiger partial charge < -0.3 is 15.0 Å². The topological polar surface area (TPSA) is 42.8 Å². The molecule has 20 heavy (non-hydrogen) atoms. The van der Waals surface area contributed by atoms with Crippen LogP contribution in [0.15, 0.2) is 12.1 Å². The molecule has 2 N–H and O–H groups in total. The summed E-state index contributed by atoms with van der Waals surface area (Å²) in [5.74, 6) is -0.208. The Morgan fingerprint density at radius 1 is 1.25 bits per heavy atom. The van der Waals surface area contributed by atoms with Crippen LogP contribution in [-0.4, -0.2) is 45.3 Å². The van der Waals surface area contributed by atoms with Crippen molar-refractivity contribution >= 4 is 73.7 Å². The van der Waals surface area contributed by atoms with Crippen LogP contribution in [0.2, 0.25) is 0 Å². The number of ether oxygens (including phenoxy) is 1. The average Bonchev–Trinajstić information content (AvgIpc) is 2.44. The van der Waals surface area contributed by atoms with Gasteiger partial charge in [0.2, 0.25) is 0 Å². The predicted molar refractivity (Wildman–Crippen MR) is 103 cm³/mol. The minimum Gasteiger partial charge on any atom is -0.456 e. The molecule has 2 rings (SSSR count). The van der Waals surface area contributed by atoms with Gasteiger partial charge in [0, 0.05) is 23.8 Å². The van der Waals surface area contributed by atoms with Gasteiger partial charge in [-0.05, 0) is 79.9 Å². The zero-order valence-electron chi connectivity index (χ0n) is 10.8. The van der Waals surface area contributed by atoms with Gasteiger partial charge in [-0.3, -0.25) is 0 Å². The lowest BCUT2D eigenvalue weighted by atomic mass is 10.2. The van der Waals surface area contributed by atoms with Gasteiger partial charge in [0.1, 0.15) is 13.2 Å². The first-order valence-electron chi connectivity index (χ1n) is 6.44. The number of halogens is 3. The van der Waals surface area contributed by atoms with Crippen LogP contribution in [0.25, 0.3) is 0 Å². The van der Waals surface area contributed by atoms with Crippen molar-refractivity contribution in [3.63, 3.8) is 0 Å².